The number of para-hydroxylation sites is 3. The monoisotopic (exact) mass is 490 g/mol. The Balaban J connectivity index is 1.48. The first-order valence-electron chi connectivity index (χ1n) is 11.0. The lowest BCUT2D eigenvalue weighted by Crippen LogP contribution is -2.15. The summed E-state index contributed by atoms with van der Waals surface area (Å²) in [5.41, 5.74) is 2.86. The minimum atomic E-state index is -0.129. The van der Waals surface area contributed by atoms with Crippen LogP contribution in [0.25, 0.3) is 5.69 Å². The van der Waals surface area contributed by atoms with E-state index in [0.717, 1.165) is 11.5 Å². The number of carbonyl (C=O) groups is 1. The number of aryl methyl sites for hydroxylation is 1. The molecule has 8 heteroatoms. The van der Waals surface area contributed by atoms with Gasteiger partial charge in [0.15, 0.2) is 5.16 Å². The molecular formula is C26H26N4O2S2. The number of thioether (sulfide) groups is 2. The summed E-state index contributed by atoms with van der Waals surface area (Å²) < 4.78 is 7.62. The predicted molar refractivity (Wildman–Crippen MR) is 139 cm³/mol. The van der Waals surface area contributed by atoms with Crippen LogP contribution < -0.4 is 10.1 Å². The van der Waals surface area contributed by atoms with Gasteiger partial charge in [-0.3, -0.25) is 9.36 Å². The van der Waals surface area contributed by atoms with Crippen molar-refractivity contribution in [3.63, 3.8) is 0 Å². The van der Waals surface area contributed by atoms with Gasteiger partial charge in [0.2, 0.25) is 5.91 Å². The Hall–Kier alpha value is -3.23. The number of hydrogen-bond acceptors (Lipinski definition) is 6. The molecule has 1 N–H and O–H groups in total. The lowest BCUT2D eigenvalue weighted by molar-refractivity contribution is -0.113. The summed E-state index contributed by atoms with van der Waals surface area (Å²) in [4.78, 5) is 13.9. The largest absolute Gasteiger partial charge is 0.492 e. The number of carbonyl (C=O) groups excluding carboxylic acids is 1. The maximum atomic E-state index is 12.7. The van der Waals surface area contributed by atoms with Crippen LogP contribution in [0.1, 0.15) is 18.3 Å². The first-order valence-corrected chi connectivity index (χ1v) is 12.9. The number of ether oxygens (including phenoxy) is 1. The van der Waals surface area contributed by atoms with Crippen LogP contribution in [0.2, 0.25) is 0 Å². The van der Waals surface area contributed by atoms with Gasteiger partial charge >= 0.3 is 0 Å². The molecule has 0 spiro atoms. The standard InChI is InChI=1S/C26H26N4O2S2/c1-3-32-23-12-8-7-11-22(23)27-25(31)18-34-26-29-28-24(30(26)20-9-5-4-6-10-20)17-33-21-15-13-19(2)14-16-21/h4-16H,3,17-18H2,1-2H3,(H,27,31). The van der Waals surface area contributed by atoms with Gasteiger partial charge in [-0.25, -0.2) is 0 Å². The van der Waals surface area contributed by atoms with E-state index in [1.807, 2.05) is 66.1 Å². The van der Waals surface area contributed by atoms with Gasteiger partial charge < -0.3 is 10.1 Å². The molecule has 0 bridgehead atoms. The van der Waals surface area contributed by atoms with E-state index in [2.05, 4.69) is 46.7 Å². The Bertz CT molecular complexity index is 1230. The van der Waals surface area contributed by atoms with E-state index in [-0.39, 0.29) is 11.7 Å². The highest BCUT2D eigenvalue weighted by Gasteiger charge is 2.17. The number of benzene rings is 3. The molecule has 6 nitrogen and oxygen atoms in total. The Labute approximate surface area is 208 Å². The van der Waals surface area contributed by atoms with Crippen molar-refractivity contribution in [3.8, 4) is 11.4 Å². The Kier molecular flexibility index (Phi) is 8.27. The van der Waals surface area contributed by atoms with Gasteiger partial charge in [0.1, 0.15) is 11.6 Å². The van der Waals surface area contributed by atoms with E-state index < -0.39 is 0 Å². The van der Waals surface area contributed by atoms with Crippen LogP contribution in [-0.4, -0.2) is 33.0 Å². The normalized spacial score (nSPS) is 10.8. The molecule has 174 valence electrons. The minimum Gasteiger partial charge on any atom is -0.492 e. The second-order valence-corrected chi connectivity index (χ2v) is 9.43. The zero-order valence-electron chi connectivity index (χ0n) is 19.1. The summed E-state index contributed by atoms with van der Waals surface area (Å²) >= 11 is 3.07. The van der Waals surface area contributed by atoms with Crippen molar-refractivity contribution in [2.45, 2.75) is 29.7 Å². The molecule has 1 aromatic heterocycles. The molecule has 0 atom stereocenters. The molecule has 0 aliphatic carbocycles. The van der Waals surface area contributed by atoms with E-state index in [1.54, 1.807) is 11.8 Å². The summed E-state index contributed by atoms with van der Waals surface area (Å²) in [6.07, 6.45) is 0. The number of aromatic nitrogens is 3. The summed E-state index contributed by atoms with van der Waals surface area (Å²) in [5, 5.41) is 12.5. The van der Waals surface area contributed by atoms with Crippen LogP contribution in [0.5, 0.6) is 5.75 Å². The smallest absolute Gasteiger partial charge is 0.234 e. The molecule has 0 aliphatic heterocycles. The van der Waals surface area contributed by atoms with Gasteiger partial charge in [-0.2, -0.15) is 0 Å². The molecule has 4 aromatic rings. The quantitative estimate of drug-likeness (QED) is 0.275. The number of anilines is 1. The topological polar surface area (TPSA) is 69.0 Å². The van der Waals surface area contributed by atoms with Gasteiger partial charge in [-0.1, -0.05) is 59.8 Å². The Morgan fingerprint density at radius 2 is 1.68 bits per heavy atom. The zero-order valence-corrected chi connectivity index (χ0v) is 20.7. The highest BCUT2D eigenvalue weighted by molar-refractivity contribution is 7.99. The molecule has 0 aliphatic rings. The number of amides is 1. The van der Waals surface area contributed by atoms with Crippen molar-refractivity contribution >= 4 is 35.1 Å². The van der Waals surface area contributed by atoms with Crippen LogP contribution in [-0.2, 0) is 10.5 Å². The van der Waals surface area contributed by atoms with Crippen molar-refractivity contribution in [2.24, 2.45) is 0 Å². The van der Waals surface area contributed by atoms with E-state index >= 15 is 0 Å². The number of hydrogen-bond donors (Lipinski definition) is 1. The van der Waals surface area contributed by atoms with Gasteiger partial charge in [0, 0.05) is 10.6 Å². The fourth-order valence-corrected chi connectivity index (χ4v) is 4.86. The van der Waals surface area contributed by atoms with Crippen molar-refractivity contribution in [3.05, 3.63) is 90.3 Å². The third-order valence-electron chi connectivity index (χ3n) is 4.90. The number of nitrogens with one attached hydrogen (secondary N) is 1. The fourth-order valence-electron chi connectivity index (χ4n) is 3.27. The van der Waals surface area contributed by atoms with Crippen LogP contribution in [0.4, 0.5) is 5.69 Å². The van der Waals surface area contributed by atoms with Gasteiger partial charge in [-0.05, 0) is 50.2 Å². The summed E-state index contributed by atoms with van der Waals surface area (Å²) in [6.45, 7) is 4.53. The maximum Gasteiger partial charge on any atom is 0.234 e. The lowest BCUT2D eigenvalue weighted by Gasteiger charge is -2.12. The first kappa shape index (κ1) is 23.9. The van der Waals surface area contributed by atoms with Crippen LogP contribution in [0.15, 0.2) is 88.9 Å². The van der Waals surface area contributed by atoms with Gasteiger partial charge in [0.05, 0.1) is 23.8 Å². The van der Waals surface area contributed by atoms with Crippen molar-refractivity contribution in [1.82, 2.24) is 14.8 Å². The van der Waals surface area contributed by atoms with Crippen LogP contribution >= 0.6 is 23.5 Å². The third kappa shape index (κ3) is 6.21. The second-order valence-electron chi connectivity index (χ2n) is 7.44. The second kappa shape index (κ2) is 11.8. The highest BCUT2D eigenvalue weighted by Crippen LogP contribution is 2.28. The van der Waals surface area contributed by atoms with Gasteiger partial charge in [-0.15, -0.1) is 22.0 Å². The van der Waals surface area contributed by atoms with E-state index in [1.165, 1.54) is 22.2 Å². The molecule has 4 rings (SSSR count). The molecule has 0 saturated carbocycles. The summed E-state index contributed by atoms with van der Waals surface area (Å²) in [6, 6.07) is 25.9. The van der Waals surface area contributed by atoms with E-state index in [0.29, 0.717) is 29.0 Å². The van der Waals surface area contributed by atoms with E-state index in [4.69, 9.17) is 4.74 Å². The number of nitrogens with zero attached hydrogens (tertiary/aromatic N) is 3. The predicted octanol–water partition coefficient (Wildman–Crippen LogP) is 6.00. The molecule has 1 amide bonds. The highest BCUT2D eigenvalue weighted by atomic mass is 32.2. The molecule has 0 radical (unpaired) electrons. The van der Waals surface area contributed by atoms with Crippen molar-refractivity contribution < 1.29 is 9.53 Å². The summed E-state index contributed by atoms with van der Waals surface area (Å²) in [5.74, 6) is 2.23. The van der Waals surface area contributed by atoms with E-state index in [9.17, 15) is 4.79 Å². The zero-order chi connectivity index (χ0) is 23.8. The Morgan fingerprint density at radius 3 is 2.44 bits per heavy atom. The molecule has 0 unspecified atom stereocenters. The van der Waals surface area contributed by atoms with Crippen molar-refractivity contribution in [2.75, 3.05) is 17.7 Å². The molecule has 1 heterocycles. The lowest BCUT2D eigenvalue weighted by atomic mass is 10.2. The SMILES string of the molecule is CCOc1ccccc1NC(=O)CSc1nnc(CSc2ccc(C)cc2)n1-c1ccccc1. The van der Waals surface area contributed by atoms with Gasteiger partial charge in [0.25, 0.3) is 0 Å². The average Bonchev–Trinajstić information content (AvgIpc) is 3.27. The third-order valence-corrected chi connectivity index (χ3v) is 6.83. The molecule has 34 heavy (non-hydrogen) atoms. The summed E-state index contributed by atoms with van der Waals surface area (Å²) in [7, 11) is 0. The number of rotatable bonds is 10. The molecule has 3 aromatic carbocycles. The molecule has 0 fully saturated rings. The fraction of sp³-hybridized carbons (Fsp3) is 0.192. The Morgan fingerprint density at radius 1 is 0.941 bits per heavy atom. The average molecular weight is 491 g/mol. The van der Waals surface area contributed by atoms with Crippen LogP contribution in [0, 0.1) is 6.92 Å². The molecule has 0 saturated heterocycles. The van der Waals surface area contributed by atoms with Crippen molar-refractivity contribution in [1.29, 1.82) is 0 Å². The maximum absolute atomic E-state index is 12.7. The minimum absolute atomic E-state index is 0.129. The first-order chi connectivity index (χ1) is 16.6. The van der Waals surface area contributed by atoms with Crippen LogP contribution in [0.3, 0.4) is 0 Å². The molecular weight excluding hydrogens is 464 g/mol.